The maximum absolute atomic E-state index is 13.9. The summed E-state index contributed by atoms with van der Waals surface area (Å²) in [6, 6.07) is 6.68. The molecule has 1 aromatic heterocycles. The maximum Gasteiger partial charge on any atom is 0.131 e. The highest BCUT2D eigenvalue weighted by Crippen LogP contribution is 2.43. The molecule has 0 aliphatic rings. The quantitative estimate of drug-likeness (QED) is 0.684. The summed E-state index contributed by atoms with van der Waals surface area (Å²) in [7, 11) is 1.51. The summed E-state index contributed by atoms with van der Waals surface area (Å²) in [6.45, 7) is 1.99. The van der Waals surface area contributed by atoms with Gasteiger partial charge in [0.2, 0.25) is 0 Å². The van der Waals surface area contributed by atoms with Crippen LogP contribution in [0.2, 0.25) is 0 Å². The van der Waals surface area contributed by atoms with Crippen LogP contribution in [0.3, 0.4) is 0 Å². The Morgan fingerprint density at radius 3 is 2.72 bits per heavy atom. The molecule has 0 fully saturated rings. The van der Waals surface area contributed by atoms with Crippen molar-refractivity contribution in [3.8, 4) is 5.75 Å². The van der Waals surface area contributed by atoms with Gasteiger partial charge < -0.3 is 4.74 Å². The third kappa shape index (κ3) is 2.56. The van der Waals surface area contributed by atoms with E-state index in [4.69, 9.17) is 16.3 Å². The minimum absolute atomic E-state index is 0.354. The largest absolute Gasteiger partial charge is 0.496 e. The van der Waals surface area contributed by atoms with Crippen molar-refractivity contribution in [3.63, 3.8) is 0 Å². The van der Waals surface area contributed by atoms with E-state index in [1.54, 1.807) is 23.5 Å². The number of hydrogen-bond donors (Lipinski definition) is 0. The zero-order valence-corrected chi connectivity index (χ0v) is 13.0. The van der Waals surface area contributed by atoms with Crippen molar-refractivity contribution in [2.75, 3.05) is 7.11 Å². The molecule has 5 heteroatoms. The van der Waals surface area contributed by atoms with Crippen LogP contribution in [0.25, 0.3) is 0 Å². The number of hydrogen-bond acceptors (Lipinski definition) is 2. The van der Waals surface area contributed by atoms with E-state index in [0.29, 0.717) is 11.3 Å². The number of aryl methyl sites for hydroxylation is 1. The van der Waals surface area contributed by atoms with Gasteiger partial charge in [0.15, 0.2) is 0 Å². The minimum atomic E-state index is -0.561. The normalized spacial score (nSPS) is 12.5. The fourth-order valence-corrected chi connectivity index (χ4v) is 4.21. The number of alkyl halides is 1. The third-order valence-electron chi connectivity index (χ3n) is 2.55. The Hall–Kier alpha value is -0.580. The summed E-state index contributed by atoms with van der Waals surface area (Å²) < 4.78 is 20.0. The van der Waals surface area contributed by atoms with E-state index in [-0.39, 0.29) is 5.82 Å². The molecule has 0 radical (unpaired) electrons. The van der Waals surface area contributed by atoms with E-state index in [1.807, 2.05) is 13.0 Å². The Labute approximate surface area is 123 Å². The third-order valence-corrected chi connectivity index (χ3v) is 5.15. The van der Waals surface area contributed by atoms with Gasteiger partial charge in [-0.25, -0.2) is 4.39 Å². The lowest BCUT2D eigenvalue weighted by atomic mass is 10.1. The molecule has 1 unspecified atom stereocenters. The Balaban J connectivity index is 2.52. The van der Waals surface area contributed by atoms with Crippen LogP contribution in [-0.4, -0.2) is 7.11 Å². The van der Waals surface area contributed by atoms with Crippen molar-refractivity contribution >= 4 is 38.9 Å². The van der Waals surface area contributed by atoms with Gasteiger partial charge in [-0.1, -0.05) is 6.07 Å². The summed E-state index contributed by atoms with van der Waals surface area (Å²) in [5.41, 5.74) is 0.379. The molecule has 0 aliphatic carbocycles. The van der Waals surface area contributed by atoms with Gasteiger partial charge in [-0.05, 0) is 41.1 Å². The first-order chi connectivity index (χ1) is 8.54. The molecule has 0 amide bonds. The highest BCUT2D eigenvalue weighted by atomic mass is 79.9. The second-order valence-corrected chi connectivity index (χ2v) is 6.37. The zero-order chi connectivity index (χ0) is 13.3. The van der Waals surface area contributed by atoms with Crippen molar-refractivity contribution < 1.29 is 9.13 Å². The minimum Gasteiger partial charge on any atom is -0.496 e. The van der Waals surface area contributed by atoms with Crippen LogP contribution in [0, 0.1) is 12.7 Å². The molecule has 0 bridgehead atoms. The number of thiophene rings is 1. The summed E-state index contributed by atoms with van der Waals surface area (Å²) in [5.74, 6) is 0.111. The average Bonchev–Trinajstić information content (AvgIpc) is 2.67. The van der Waals surface area contributed by atoms with E-state index < -0.39 is 5.38 Å². The Bertz CT molecular complexity index is 570. The Kier molecular flexibility index (Phi) is 4.30. The topological polar surface area (TPSA) is 9.23 Å². The molecule has 2 rings (SSSR count). The van der Waals surface area contributed by atoms with Crippen molar-refractivity contribution in [3.05, 3.63) is 49.9 Å². The van der Waals surface area contributed by atoms with Crippen molar-refractivity contribution in [2.24, 2.45) is 0 Å². The molecule has 18 heavy (non-hydrogen) atoms. The molecule has 0 spiro atoms. The predicted octanol–water partition coefficient (Wildman–Crippen LogP) is 5.29. The summed E-state index contributed by atoms with van der Waals surface area (Å²) in [6.07, 6.45) is 0. The molecule has 0 aliphatic heterocycles. The van der Waals surface area contributed by atoms with Crippen LogP contribution in [-0.2, 0) is 0 Å². The van der Waals surface area contributed by atoms with Gasteiger partial charge in [-0.3, -0.25) is 0 Å². The van der Waals surface area contributed by atoms with E-state index in [9.17, 15) is 4.39 Å². The number of rotatable bonds is 3. The molecule has 1 heterocycles. The standard InChI is InChI=1S/C13H11BrClFOS/c1-7-6-8(14)13(18-7)12(15)11-9(16)4-3-5-10(11)17-2/h3-6,12H,1-2H3. The summed E-state index contributed by atoms with van der Waals surface area (Å²) in [5, 5.41) is -0.561. The SMILES string of the molecule is COc1cccc(F)c1C(Cl)c1sc(C)cc1Br. The molecular formula is C13H11BrClFOS. The van der Waals surface area contributed by atoms with E-state index in [2.05, 4.69) is 15.9 Å². The van der Waals surface area contributed by atoms with Crippen LogP contribution in [0.5, 0.6) is 5.75 Å². The molecule has 1 aromatic carbocycles. The molecule has 2 aromatic rings. The van der Waals surface area contributed by atoms with Crippen molar-refractivity contribution in [2.45, 2.75) is 12.3 Å². The molecule has 96 valence electrons. The van der Waals surface area contributed by atoms with E-state index in [1.165, 1.54) is 13.2 Å². The van der Waals surface area contributed by atoms with E-state index in [0.717, 1.165) is 14.2 Å². The lowest BCUT2D eigenvalue weighted by Crippen LogP contribution is -1.99. The summed E-state index contributed by atoms with van der Waals surface area (Å²) in [4.78, 5) is 2.01. The first-order valence-corrected chi connectivity index (χ1v) is 7.31. The van der Waals surface area contributed by atoms with Gasteiger partial charge in [0.25, 0.3) is 0 Å². The average molecular weight is 350 g/mol. The van der Waals surface area contributed by atoms with Gasteiger partial charge in [0.1, 0.15) is 16.9 Å². The fourth-order valence-electron chi connectivity index (χ4n) is 1.75. The van der Waals surface area contributed by atoms with Crippen LogP contribution in [0.1, 0.15) is 20.7 Å². The second-order valence-electron chi connectivity index (χ2n) is 3.79. The van der Waals surface area contributed by atoms with Crippen LogP contribution in [0.15, 0.2) is 28.7 Å². The van der Waals surface area contributed by atoms with Crippen LogP contribution in [0.4, 0.5) is 4.39 Å². The highest BCUT2D eigenvalue weighted by molar-refractivity contribution is 9.10. The smallest absolute Gasteiger partial charge is 0.131 e. The van der Waals surface area contributed by atoms with Gasteiger partial charge in [-0.15, -0.1) is 22.9 Å². The predicted molar refractivity (Wildman–Crippen MR) is 77.4 cm³/mol. The maximum atomic E-state index is 13.9. The monoisotopic (exact) mass is 348 g/mol. The summed E-state index contributed by atoms with van der Waals surface area (Å²) >= 11 is 11.4. The lowest BCUT2D eigenvalue weighted by Gasteiger charge is -2.14. The first kappa shape index (κ1) is 13.8. The number of benzene rings is 1. The van der Waals surface area contributed by atoms with Gasteiger partial charge in [0.05, 0.1) is 12.7 Å². The molecular weight excluding hydrogens is 339 g/mol. The first-order valence-electron chi connectivity index (χ1n) is 5.27. The fraction of sp³-hybridized carbons (Fsp3) is 0.231. The Morgan fingerprint density at radius 1 is 1.44 bits per heavy atom. The van der Waals surface area contributed by atoms with Gasteiger partial charge >= 0.3 is 0 Å². The van der Waals surface area contributed by atoms with Crippen molar-refractivity contribution in [1.29, 1.82) is 0 Å². The van der Waals surface area contributed by atoms with Gasteiger partial charge in [0, 0.05) is 14.2 Å². The lowest BCUT2D eigenvalue weighted by molar-refractivity contribution is 0.405. The highest BCUT2D eigenvalue weighted by Gasteiger charge is 2.23. The molecule has 1 atom stereocenters. The molecule has 0 N–H and O–H groups in total. The van der Waals surface area contributed by atoms with Crippen molar-refractivity contribution in [1.82, 2.24) is 0 Å². The van der Waals surface area contributed by atoms with Crippen LogP contribution >= 0.6 is 38.9 Å². The molecule has 0 saturated heterocycles. The number of methoxy groups -OCH3 is 1. The molecule has 0 saturated carbocycles. The molecule has 1 nitrogen and oxygen atoms in total. The van der Waals surface area contributed by atoms with E-state index >= 15 is 0 Å². The van der Waals surface area contributed by atoms with Gasteiger partial charge in [-0.2, -0.15) is 0 Å². The second kappa shape index (κ2) is 5.59. The Morgan fingerprint density at radius 2 is 2.17 bits per heavy atom. The number of halogens is 3. The van der Waals surface area contributed by atoms with Crippen LogP contribution < -0.4 is 4.74 Å². The number of ether oxygens (including phenoxy) is 1. The zero-order valence-electron chi connectivity index (χ0n) is 9.84.